The molecular weight excluding hydrogens is 408 g/mol. The lowest BCUT2D eigenvalue weighted by molar-refractivity contribution is 0.0966. The highest BCUT2D eigenvalue weighted by Gasteiger charge is 2.26. The van der Waals surface area contributed by atoms with E-state index in [4.69, 9.17) is 4.74 Å². The molecule has 0 radical (unpaired) electrons. The second kappa shape index (κ2) is 8.35. The summed E-state index contributed by atoms with van der Waals surface area (Å²) in [6, 6.07) is 0. The average molecular weight is 437 g/mol. The van der Waals surface area contributed by atoms with E-state index in [9.17, 15) is 19.5 Å². The minimum absolute atomic E-state index is 0.0587. The quantitative estimate of drug-likeness (QED) is 0.573. The summed E-state index contributed by atoms with van der Waals surface area (Å²) in [6.45, 7) is 10.1. The summed E-state index contributed by atoms with van der Waals surface area (Å²) in [4.78, 5) is 38.7. The van der Waals surface area contributed by atoms with Gasteiger partial charge in [-0.05, 0) is 53.0 Å². The summed E-state index contributed by atoms with van der Waals surface area (Å²) in [5, 5.41) is 15.0. The van der Waals surface area contributed by atoms with Crippen LogP contribution in [0.4, 0.5) is 4.79 Å². The van der Waals surface area contributed by atoms with Crippen molar-refractivity contribution in [2.75, 3.05) is 6.61 Å². The minimum atomic E-state index is -1.17. The second-order valence-corrected chi connectivity index (χ2v) is 9.39. The maximum Gasteiger partial charge on any atom is 0.428 e. The van der Waals surface area contributed by atoms with Crippen molar-refractivity contribution >= 4 is 33.9 Å². The van der Waals surface area contributed by atoms with Crippen molar-refractivity contribution < 1.29 is 14.6 Å². The highest BCUT2D eigenvalue weighted by atomic mass is 32.1. The van der Waals surface area contributed by atoms with Crippen molar-refractivity contribution in [3.8, 4) is 0 Å². The summed E-state index contributed by atoms with van der Waals surface area (Å²) in [5.41, 5.74) is -0.715. The summed E-state index contributed by atoms with van der Waals surface area (Å²) >= 11 is 1.27. The van der Waals surface area contributed by atoms with Crippen LogP contribution < -0.4 is 11.2 Å². The molecule has 1 unspecified atom stereocenters. The van der Waals surface area contributed by atoms with Gasteiger partial charge < -0.3 is 9.84 Å². The Morgan fingerprint density at radius 3 is 2.60 bits per heavy atom. The maximum absolute atomic E-state index is 13.0. The van der Waals surface area contributed by atoms with Crippen LogP contribution >= 0.6 is 11.3 Å². The van der Waals surface area contributed by atoms with E-state index in [-0.39, 0.29) is 23.9 Å². The first-order chi connectivity index (χ1) is 14.1. The molecule has 10 heteroatoms. The van der Waals surface area contributed by atoms with Gasteiger partial charge in [-0.15, -0.1) is 11.3 Å². The van der Waals surface area contributed by atoms with Gasteiger partial charge in [0.15, 0.2) is 0 Å². The van der Waals surface area contributed by atoms with E-state index >= 15 is 0 Å². The lowest BCUT2D eigenvalue weighted by atomic mass is 10.1. The molecule has 0 saturated carbocycles. The highest BCUT2D eigenvalue weighted by Crippen LogP contribution is 2.28. The van der Waals surface area contributed by atoms with E-state index in [2.05, 4.69) is 5.10 Å². The second-order valence-electron chi connectivity index (χ2n) is 8.36. The van der Waals surface area contributed by atoms with Crippen LogP contribution in [-0.2, 0) is 17.8 Å². The third kappa shape index (κ3) is 4.06. The first-order valence-electron chi connectivity index (χ1n) is 10.0. The molecule has 1 aliphatic heterocycles. The van der Waals surface area contributed by atoms with E-state index in [1.54, 1.807) is 39.2 Å². The normalized spacial score (nSPS) is 17.3. The lowest BCUT2D eigenvalue weighted by Gasteiger charge is -2.27. The monoisotopic (exact) mass is 436 g/mol. The van der Waals surface area contributed by atoms with E-state index in [0.717, 1.165) is 17.9 Å². The number of hydrazone groups is 1. The number of aromatic nitrogens is 2. The van der Waals surface area contributed by atoms with Gasteiger partial charge >= 0.3 is 11.8 Å². The fourth-order valence-corrected chi connectivity index (χ4v) is 4.75. The van der Waals surface area contributed by atoms with Gasteiger partial charge in [0.05, 0.1) is 34.7 Å². The number of amides is 1. The van der Waals surface area contributed by atoms with E-state index in [1.165, 1.54) is 22.1 Å². The number of hydrogen-bond acceptors (Lipinski definition) is 6. The summed E-state index contributed by atoms with van der Waals surface area (Å²) in [7, 11) is 0. The molecule has 30 heavy (non-hydrogen) atoms. The smallest absolute Gasteiger partial charge is 0.428 e. The topological polar surface area (TPSA) is 106 Å². The number of hydrogen-bond donors (Lipinski definition) is 1. The average Bonchev–Trinajstić information content (AvgIpc) is 3.26. The van der Waals surface area contributed by atoms with E-state index in [1.807, 2.05) is 0 Å². The molecule has 1 atom stereocenters. The summed E-state index contributed by atoms with van der Waals surface area (Å²) in [6.07, 6.45) is 2.06. The molecule has 0 aliphatic carbocycles. The van der Waals surface area contributed by atoms with Crippen molar-refractivity contribution in [1.29, 1.82) is 0 Å². The molecule has 164 valence electrons. The van der Waals surface area contributed by atoms with Crippen LogP contribution in [0.3, 0.4) is 0 Å². The molecule has 2 aromatic rings. The Hall–Kier alpha value is -2.46. The molecule has 1 N–H and O–H groups in total. The molecule has 0 bridgehead atoms. The number of ether oxygens (including phenoxy) is 1. The van der Waals surface area contributed by atoms with E-state index in [0.29, 0.717) is 33.8 Å². The Kier molecular flexibility index (Phi) is 6.19. The Morgan fingerprint density at radius 1 is 1.37 bits per heavy atom. The number of rotatable bonds is 5. The SMILES string of the molecule is CCn1c(=O)c2c(C)c(C=NN(C(=O)O)C(C)(C)C)sc2n(CC2CCCO2)c1=O. The standard InChI is InChI=1S/C20H28N4O5S/c1-6-22-16(25)15-12(2)14(10-21-24(19(27)28)20(3,4)5)30-17(15)23(18(22)26)11-13-8-7-9-29-13/h10,13H,6-9,11H2,1-5H3,(H,27,28). The lowest BCUT2D eigenvalue weighted by Crippen LogP contribution is -2.41. The number of carboxylic acid groups (broad SMARTS) is 1. The fraction of sp³-hybridized carbons (Fsp3) is 0.600. The van der Waals surface area contributed by atoms with Gasteiger partial charge in [0.25, 0.3) is 5.56 Å². The van der Waals surface area contributed by atoms with Gasteiger partial charge in [-0.1, -0.05) is 0 Å². The molecule has 1 aliphatic rings. The zero-order chi connectivity index (χ0) is 22.2. The Morgan fingerprint density at radius 2 is 2.07 bits per heavy atom. The Bertz CT molecular complexity index is 1100. The first-order valence-corrected chi connectivity index (χ1v) is 10.8. The van der Waals surface area contributed by atoms with Crippen molar-refractivity contribution in [3.05, 3.63) is 31.3 Å². The van der Waals surface area contributed by atoms with Crippen LogP contribution in [0.1, 0.15) is 51.0 Å². The number of aryl methyl sites for hydroxylation is 1. The molecule has 9 nitrogen and oxygen atoms in total. The number of carbonyl (C=O) groups is 1. The Labute approximate surface area is 178 Å². The molecule has 0 spiro atoms. The van der Waals surface area contributed by atoms with Gasteiger partial charge in [-0.3, -0.25) is 13.9 Å². The zero-order valence-electron chi connectivity index (χ0n) is 18.0. The largest absolute Gasteiger partial charge is 0.464 e. The number of nitrogens with zero attached hydrogens (tertiary/aromatic N) is 4. The molecule has 3 rings (SSSR count). The van der Waals surface area contributed by atoms with Crippen LogP contribution in [0.2, 0.25) is 0 Å². The predicted octanol–water partition coefficient (Wildman–Crippen LogP) is 2.84. The molecule has 1 saturated heterocycles. The van der Waals surface area contributed by atoms with Crippen molar-refractivity contribution in [3.63, 3.8) is 0 Å². The van der Waals surface area contributed by atoms with Gasteiger partial charge in [-0.25, -0.2) is 9.59 Å². The van der Waals surface area contributed by atoms with Crippen LogP contribution in [-0.4, -0.2) is 49.8 Å². The van der Waals surface area contributed by atoms with Crippen LogP contribution in [0, 0.1) is 6.92 Å². The first kappa shape index (κ1) is 22.2. The van der Waals surface area contributed by atoms with Gasteiger partial charge in [0, 0.05) is 13.2 Å². The molecule has 2 aromatic heterocycles. The zero-order valence-corrected chi connectivity index (χ0v) is 18.8. The van der Waals surface area contributed by atoms with Crippen molar-refractivity contribution in [2.24, 2.45) is 5.10 Å². The van der Waals surface area contributed by atoms with Gasteiger partial charge in [0.1, 0.15) is 4.83 Å². The predicted molar refractivity (Wildman–Crippen MR) is 117 cm³/mol. The van der Waals surface area contributed by atoms with Crippen LogP contribution in [0.15, 0.2) is 14.7 Å². The molecule has 1 fully saturated rings. The third-order valence-electron chi connectivity index (χ3n) is 5.16. The van der Waals surface area contributed by atoms with Gasteiger partial charge in [0.2, 0.25) is 0 Å². The molecule has 3 heterocycles. The Balaban J connectivity index is 2.17. The third-order valence-corrected chi connectivity index (χ3v) is 6.41. The molecule has 1 amide bonds. The number of fused-ring (bicyclic) bond motifs is 1. The van der Waals surface area contributed by atoms with Crippen molar-refractivity contribution in [1.82, 2.24) is 14.1 Å². The number of thiophene rings is 1. The fourth-order valence-electron chi connectivity index (χ4n) is 3.59. The minimum Gasteiger partial charge on any atom is -0.464 e. The van der Waals surface area contributed by atoms with Gasteiger partial charge in [-0.2, -0.15) is 10.1 Å². The van der Waals surface area contributed by atoms with Crippen LogP contribution in [0.5, 0.6) is 0 Å². The van der Waals surface area contributed by atoms with Crippen molar-refractivity contribution in [2.45, 2.75) is 72.2 Å². The summed E-state index contributed by atoms with van der Waals surface area (Å²) < 4.78 is 8.55. The maximum atomic E-state index is 13.0. The van der Waals surface area contributed by atoms with Crippen LogP contribution in [0.25, 0.3) is 10.2 Å². The summed E-state index contributed by atoms with van der Waals surface area (Å²) in [5.74, 6) is 0. The molecule has 0 aromatic carbocycles. The molecular formula is C20H28N4O5S. The highest BCUT2D eigenvalue weighted by molar-refractivity contribution is 7.20. The van der Waals surface area contributed by atoms with E-state index < -0.39 is 11.6 Å².